The molecule has 0 amide bonds. The van der Waals surface area contributed by atoms with E-state index in [0.29, 0.717) is 12.1 Å². The van der Waals surface area contributed by atoms with Crippen molar-refractivity contribution in [3.05, 3.63) is 59.5 Å². The molecule has 0 radical (unpaired) electrons. The highest BCUT2D eigenvalue weighted by atomic mass is 16.3. The Bertz CT molecular complexity index is 536. The second-order valence-corrected chi connectivity index (χ2v) is 5.55. The van der Waals surface area contributed by atoms with Crippen molar-refractivity contribution in [2.45, 2.75) is 31.8 Å². The summed E-state index contributed by atoms with van der Waals surface area (Å²) in [7, 11) is 0. The fourth-order valence-corrected chi connectivity index (χ4v) is 2.90. The van der Waals surface area contributed by atoms with Crippen LogP contribution in [0, 0.1) is 0 Å². The lowest BCUT2D eigenvalue weighted by molar-refractivity contribution is 0.414. The molecule has 2 heterocycles. The van der Waals surface area contributed by atoms with Crippen molar-refractivity contribution in [3.8, 4) is 0 Å². The standard InChI is InChI=1S/C17H22N2O/c1-13(11-15-6-4-10-20-15)19-12-17-16-7-3-2-5-14(16)8-9-18-17/h2-7,10,13,17-19H,8-9,11-12H2,1H3. The van der Waals surface area contributed by atoms with Crippen LogP contribution in [0.3, 0.4) is 0 Å². The third-order valence-corrected chi connectivity index (χ3v) is 3.97. The summed E-state index contributed by atoms with van der Waals surface area (Å²) >= 11 is 0. The first-order valence-electron chi connectivity index (χ1n) is 7.40. The minimum Gasteiger partial charge on any atom is -0.469 e. The Balaban J connectivity index is 1.56. The van der Waals surface area contributed by atoms with Gasteiger partial charge in [0.1, 0.15) is 5.76 Å². The fourth-order valence-electron chi connectivity index (χ4n) is 2.90. The van der Waals surface area contributed by atoms with Gasteiger partial charge in [0.25, 0.3) is 0 Å². The van der Waals surface area contributed by atoms with E-state index in [1.165, 1.54) is 11.1 Å². The van der Waals surface area contributed by atoms with E-state index in [9.17, 15) is 0 Å². The molecule has 1 aliphatic heterocycles. The Kier molecular flexibility index (Phi) is 4.19. The molecule has 106 valence electrons. The molecule has 1 aliphatic rings. The molecule has 2 N–H and O–H groups in total. The Hall–Kier alpha value is -1.58. The molecule has 3 rings (SSSR count). The summed E-state index contributed by atoms with van der Waals surface area (Å²) in [5, 5.41) is 7.21. The molecule has 0 fully saturated rings. The van der Waals surface area contributed by atoms with E-state index < -0.39 is 0 Å². The molecule has 1 aromatic carbocycles. The van der Waals surface area contributed by atoms with Gasteiger partial charge in [-0.25, -0.2) is 0 Å². The number of rotatable bonds is 5. The zero-order valence-electron chi connectivity index (χ0n) is 11.9. The van der Waals surface area contributed by atoms with Gasteiger partial charge in [0.05, 0.1) is 6.26 Å². The maximum atomic E-state index is 5.40. The van der Waals surface area contributed by atoms with E-state index in [-0.39, 0.29) is 0 Å². The molecule has 0 bridgehead atoms. The molecule has 0 spiro atoms. The lowest BCUT2D eigenvalue weighted by atomic mass is 9.94. The van der Waals surface area contributed by atoms with Crippen LogP contribution >= 0.6 is 0 Å². The van der Waals surface area contributed by atoms with Gasteiger partial charge in [-0.2, -0.15) is 0 Å². The lowest BCUT2D eigenvalue weighted by Crippen LogP contribution is -2.40. The smallest absolute Gasteiger partial charge is 0.105 e. The van der Waals surface area contributed by atoms with E-state index in [4.69, 9.17) is 4.42 Å². The van der Waals surface area contributed by atoms with Gasteiger partial charge in [-0.3, -0.25) is 0 Å². The first kappa shape index (κ1) is 13.4. The first-order valence-corrected chi connectivity index (χ1v) is 7.40. The maximum Gasteiger partial charge on any atom is 0.105 e. The maximum absolute atomic E-state index is 5.40. The Morgan fingerprint density at radius 2 is 2.20 bits per heavy atom. The predicted octanol–water partition coefficient (Wildman–Crippen LogP) is 2.69. The number of fused-ring (bicyclic) bond motifs is 1. The van der Waals surface area contributed by atoms with E-state index >= 15 is 0 Å². The van der Waals surface area contributed by atoms with Crippen LogP contribution in [0.4, 0.5) is 0 Å². The molecular formula is C17H22N2O. The number of benzene rings is 1. The summed E-state index contributed by atoms with van der Waals surface area (Å²) in [5.41, 5.74) is 2.92. The molecule has 3 nitrogen and oxygen atoms in total. The van der Waals surface area contributed by atoms with Crippen LogP contribution in [0.25, 0.3) is 0 Å². The van der Waals surface area contributed by atoms with E-state index in [1.54, 1.807) is 6.26 Å². The quantitative estimate of drug-likeness (QED) is 0.877. The van der Waals surface area contributed by atoms with Gasteiger partial charge in [0.2, 0.25) is 0 Å². The van der Waals surface area contributed by atoms with Crippen LogP contribution in [0.2, 0.25) is 0 Å². The van der Waals surface area contributed by atoms with Gasteiger partial charge in [0, 0.05) is 25.0 Å². The summed E-state index contributed by atoms with van der Waals surface area (Å²) in [4.78, 5) is 0. The normalized spacial score (nSPS) is 19.6. The van der Waals surface area contributed by atoms with Gasteiger partial charge >= 0.3 is 0 Å². The Labute approximate surface area is 120 Å². The van der Waals surface area contributed by atoms with Gasteiger partial charge in [0.15, 0.2) is 0 Å². The summed E-state index contributed by atoms with van der Waals surface area (Å²) in [5.74, 6) is 1.04. The van der Waals surface area contributed by atoms with Crippen LogP contribution in [-0.4, -0.2) is 19.1 Å². The second kappa shape index (κ2) is 6.25. The molecule has 0 saturated heterocycles. The minimum atomic E-state index is 0.414. The predicted molar refractivity (Wildman–Crippen MR) is 80.8 cm³/mol. The van der Waals surface area contributed by atoms with Crippen LogP contribution in [-0.2, 0) is 12.8 Å². The molecular weight excluding hydrogens is 248 g/mol. The van der Waals surface area contributed by atoms with Gasteiger partial charge in [-0.05, 0) is 43.1 Å². The van der Waals surface area contributed by atoms with Gasteiger partial charge in [-0.1, -0.05) is 24.3 Å². The number of furan rings is 1. The monoisotopic (exact) mass is 270 g/mol. The van der Waals surface area contributed by atoms with Crippen LogP contribution in [0.15, 0.2) is 47.1 Å². The van der Waals surface area contributed by atoms with Crippen molar-refractivity contribution < 1.29 is 4.42 Å². The summed E-state index contributed by atoms with van der Waals surface area (Å²) in [6, 6.07) is 13.6. The average molecular weight is 270 g/mol. The molecule has 1 aromatic heterocycles. The highest BCUT2D eigenvalue weighted by Gasteiger charge is 2.19. The van der Waals surface area contributed by atoms with E-state index in [0.717, 1.165) is 31.7 Å². The highest BCUT2D eigenvalue weighted by molar-refractivity contribution is 5.32. The van der Waals surface area contributed by atoms with Crippen molar-refractivity contribution >= 4 is 0 Å². The second-order valence-electron chi connectivity index (χ2n) is 5.55. The van der Waals surface area contributed by atoms with Gasteiger partial charge < -0.3 is 15.1 Å². The first-order chi connectivity index (χ1) is 9.83. The third kappa shape index (κ3) is 3.11. The van der Waals surface area contributed by atoms with Crippen molar-refractivity contribution in [2.24, 2.45) is 0 Å². The third-order valence-electron chi connectivity index (χ3n) is 3.97. The van der Waals surface area contributed by atoms with Crippen molar-refractivity contribution in [1.29, 1.82) is 0 Å². The zero-order valence-corrected chi connectivity index (χ0v) is 11.9. The van der Waals surface area contributed by atoms with Crippen LogP contribution in [0.1, 0.15) is 29.9 Å². The van der Waals surface area contributed by atoms with E-state index in [2.05, 4.69) is 41.8 Å². The van der Waals surface area contributed by atoms with Crippen molar-refractivity contribution in [2.75, 3.05) is 13.1 Å². The summed E-state index contributed by atoms with van der Waals surface area (Å²) in [6.07, 6.45) is 3.80. The Morgan fingerprint density at radius 1 is 1.30 bits per heavy atom. The highest BCUT2D eigenvalue weighted by Crippen LogP contribution is 2.22. The van der Waals surface area contributed by atoms with Crippen molar-refractivity contribution in [3.63, 3.8) is 0 Å². The van der Waals surface area contributed by atoms with Crippen molar-refractivity contribution in [1.82, 2.24) is 10.6 Å². The molecule has 0 saturated carbocycles. The lowest BCUT2D eigenvalue weighted by Gasteiger charge is -2.28. The zero-order chi connectivity index (χ0) is 13.8. The molecule has 0 aliphatic carbocycles. The summed E-state index contributed by atoms with van der Waals surface area (Å²) < 4.78 is 5.40. The molecule has 2 atom stereocenters. The van der Waals surface area contributed by atoms with Crippen LogP contribution < -0.4 is 10.6 Å². The number of hydrogen-bond donors (Lipinski definition) is 2. The molecule has 2 unspecified atom stereocenters. The van der Waals surface area contributed by atoms with Crippen LogP contribution in [0.5, 0.6) is 0 Å². The fraction of sp³-hybridized carbons (Fsp3) is 0.412. The average Bonchev–Trinajstić information content (AvgIpc) is 2.98. The molecule has 2 aromatic rings. The minimum absolute atomic E-state index is 0.414. The molecule has 20 heavy (non-hydrogen) atoms. The Morgan fingerprint density at radius 3 is 3.05 bits per heavy atom. The largest absolute Gasteiger partial charge is 0.469 e. The number of hydrogen-bond acceptors (Lipinski definition) is 3. The molecule has 3 heteroatoms. The van der Waals surface area contributed by atoms with Gasteiger partial charge in [-0.15, -0.1) is 0 Å². The SMILES string of the molecule is CC(Cc1ccco1)NCC1NCCc2ccccc21. The summed E-state index contributed by atoms with van der Waals surface area (Å²) in [6.45, 7) is 4.23. The number of nitrogens with one attached hydrogen (secondary N) is 2. The topological polar surface area (TPSA) is 37.2 Å². The van der Waals surface area contributed by atoms with E-state index in [1.807, 2.05) is 12.1 Å².